The molecule has 0 aromatic carbocycles. The van der Waals surface area contributed by atoms with Crippen LogP contribution in [0.3, 0.4) is 0 Å². The van der Waals surface area contributed by atoms with E-state index in [2.05, 4.69) is 0 Å². The average Bonchev–Trinajstić information content (AvgIpc) is 0.811. The van der Waals surface area contributed by atoms with E-state index in [1.165, 1.54) is 0 Å². The van der Waals surface area contributed by atoms with Crippen molar-refractivity contribution >= 4 is 9.17 Å². The van der Waals surface area contributed by atoms with Gasteiger partial charge in [-0.05, 0) is 0 Å². The van der Waals surface area contributed by atoms with Crippen molar-refractivity contribution in [1.29, 1.82) is 0 Å². The molecule has 8 heteroatoms. The fraction of sp³-hybridized carbons (Fsp3) is 0. The Morgan fingerprint density at radius 3 is 1.00 bits per heavy atom. The topological polar surface area (TPSA) is 194 Å². The normalized spacial score (nSPS) is 3.00. The number of hydrogen-bond donors (Lipinski definition) is 5. The second-order valence-electron chi connectivity index (χ2n) is 0.283. The van der Waals surface area contributed by atoms with E-state index in [0.717, 1.165) is 0 Å². The maximum Gasteiger partial charge on any atom is 0.761 e. The molecule has 0 aliphatic heterocycles. The predicted molar refractivity (Wildman–Crippen MR) is 29.6 cm³/mol. The third-order valence-electron chi connectivity index (χ3n) is 0. The van der Waals surface area contributed by atoms with E-state index in [9.17, 15) is 0 Å². The molecule has 0 saturated carbocycles. The van der Waals surface area contributed by atoms with Crippen molar-refractivity contribution in [3.05, 3.63) is 0 Å². The Hall–Kier alpha value is -0.543. The zero-order valence-electron chi connectivity index (χ0n) is 4.42. The summed E-state index contributed by atoms with van der Waals surface area (Å²) >= 11 is 0. The Balaban J connectivity index is -0.00000000750. The Kier molecular flexibility index (Phi) is 205. The number of hydrogen-bond acceptors (Lipinski definition) is 4. The lowest BCUT2D eigenvalue weighted by atomic mass is 14.0. The SMILES string of the molecule is N.N.N.O.O=[Si](O)O. The Morgan fingerprint density at radius 1 is 1.00 bits per heavy atom. The minimum atomic E-state index is -3.13. The first kappa shape index (κ1) is 51.5. The molecule has 0 heterocycles. The zero-order chi connectivity index (χ0) is 3.58. The fourth-order valence-electron chi connectivity index (χ4n) is 0. The molecule has 0 amide bonds. The van der Waals surface area contributed by atoms with E-state index >= 15 is 0 Å². The van der Waals surface area contributed by atoms with Gasteiger partial charge in [-0.3, -0.25) is 4.46 Å². The van der Waals surface area contributed by atoms with Crippen LogP contribution in [0.5, 0.6) is 0 Å². The molecule has 0 saturated heterocycles. The minimum Gasteiger partial charge on any atom is -0.511 e. The summed E-state index contributed by atoms with van der Waals surface area (Å²) in [6.45, 7) is 0. The summed E-state index contributed by atoms with van der Waals surface area (Å²) in [6.07, 6.45) is 0. The largest absolute Gasteiger partial charge is 0.761 e. The van der Waals surface area contributed by atoms with Crippen LogP contribution in [0.1, 0.15) is 0 Å². The monoisotopic (exact) mass is 147 g/mol. The Bertz CT molecular complexity index is 34.3. The first-order chi connectivity index (χ1) is 1.73. The Labute approximate surface area is 48.3 Å². The van der Waals surface area contributed by atoms with Crippen molar-refractivity contribution in [1.82, 2.24) is 18.5 Å². The van der Waals surface area contributed by atoms with Gasteiger partial charge in [0.25, 0.3) is 0 Å². The zero-order valence-corrected chi connectivity index (χ0v) is 5.42. The molecule has 56 valence electrons. The summed E-state index contributed by atoms with van der Waals surface area (Å²) in [5.74, 6) is 0. The van der Waals surface area contributed by atoms with Crippen LogP contribution in [0.25, 0.3) is 0 Å². The van der Waals surface area contributed by atoms with Gasteiger partial charge >= 0.3 is 9.17 Å². The summed E-state index contributed by atoms with van der Waals surface area (Å²) in [5.41, 5.74) is 0. The molecule has 13 N–H and O–H groups in total. The molecule has 0 aromatic heterocycles. The molecular weight excluding hydrogens is 134 g/mol. The van der Waals surface area contributed by atoms with E-state index < -0.39 is 9.17 Å². The highest BCUT2D eigenvalue weighted by molar-refractivity contribution is 6.22. The third-order valence-corrected chi connectivity index (χ3v) is 0. The molecular formula is H13N3O4Si. The highest BCUT2D eigenvalue weighted by Gasteiger charge is 1.85. The number of rotatable bonds is 0. The van der Waals surface area contributed by atoms with Crippen molar-refractivity contribution in [2.75, 3.05) is 0 Å². The molecule has 0 bridgehead atoms. The van der Waals surface area contributed by atoms with Gasteiger partial charge < -0.3 is 33.5 Å². The summed E-state index contributed by atoms with van der Waals surface area (Å²) in [7, 11) is -3.13. The summed E-state index contributed by atoms with van der Waals surface area (Å²) < 4.78 is 8.74. The molecule has 0 atom stereocenters. The molecule has 0 fully saturated rings. The van der Waals surface area contributed by atoms with Gasteiger partial charge in [0, 0.05) is 0 Å². The molecule has 0 aliphatic rings. The predicted octanol–water partition coefficient (Wildman–Crippen LogP) is -1.95. The quantitative estimate of drug-likeness (QED) is 0.247. The fourth-order valence-corrected chi connectivity index (χ4v) is 0. The molecule has 0 unspecified atom stereocenters. The molecule has 0 aliphatic carbocycles. The van der Waals surface area contributed by atoms with Gasteiger partial charge in [0.15, 0.2) is 0 Å². The average molecular weight is 147 g/mol. The first-order valence-corrected chi connectivity index (χ1v) is 1.95. The van der Waals surface area contributed by atoms with E-state index in [-0.39, 0.29) is 23.9 Å². The van der Waals surface area contributed by atoms with Crippen LogP contribution in [-0.4, -0.2) is 24.2 Å². The van der Waals surface area contributed by atoms with Crippen LogP contribution in [0, 0.1) is 0 Å². The van der Waals surface area contributed by atoms with Crippen LogP contribution in [0.2, 0.25) is 0 Å². The van der Waals surface area contributed by atoms with E-state index in [0.29, 0.717) is 0 Å². The van der Waals surface area contributed by atoms with Crippen molar-refractivity contribution in [2.45, 2.75) is 0 Å². The highest BCUT2D eigenvalue weighted by Crippen LogP contribution is 1.27. The van der Waals surface area contributed by atoms with Crippen molar-refractivity contribution in [2.24, 2.45) is 0 Å². The van der Waals surface area contributed by atoms with Crippen molar-refractivity contribution in [3.8, 4) is 0 Å². The van der Waals surface area contributed by atoms with Gasteiger partial charge in [0.1, 0.15) is 0 Å². The van der Waals surface area contributed by atoms with E-state index in [1.807, 2.05) is 0 Å². The Morgan fingerprint density at radius 2 is 1.00 bits per heavy atom. The lowest BCUT2D eigenvalue weighted by molar-refractivity contribution is 0.330. The highest BCUT2D eigenvalue weighted by atomic mass is 28.3. The summed E-state index contributed by atoms with van der Waals surface area (Å²) in [5, 5.41) is 0. The van der Waals surface area contributed by atoms with Crippen LogP contribution in [0.4, 0.5) is 0 Å². The molecule has 0 spiro atoms. The second-order valence-corrected chi connectivity index (χ2v) is 0.848. The minimum absolute atomic E-state index is 0. The maximum absolute atomic E-state index is 8.74. The van der Waals surface area contributed by atoms with Gasteiger partial charge in [-0.25, -0.2) is 0 Å². The summed E-state index contributed by atoms with van der Waals surface area (Å²) in [4.78, 5) is 14.3. The maximum atomic E-state index is 8.74. The third kappa shape index (κ3) is 367. The van der Waals surface area contributed by atoms with Crippen LogP contribution in [0.15, 0.2) is 0 Å². The van der Waals surface area contributed by atoms with Gasteiger partial charge in [-0.1, -0.05) is 0 Å². The molecule has 0 rings (SSSR count). The van der Waals surface area contributed by atoms with Crippen molar-refractivity contribution in [3.63, 3.8) is 0 Å². The van der Waals surface area contributed by atoms with Crippen molar-refractivity contribution < 1.29 is 19.5 Å². The van der Waals surface area contributed by atoms with Gasteiger partial charge in [0.2, 0.25) is 0 Å². The standard InChI is InChI=1S/3H3N.H2O3Si.H2O/c;;;1-4(2)3;/h3*1H3;1-2H;1H2. The van der Waals surface area contributed by atoms with Gasteiger partial charge in [-0.2, -0.15) is 0 Å². The van der Waals surface area contributed by atoms with Gasteiger partial charge in [0.05, 0.1) is 0 Å². The van der Waals surface area contributed by atoms with E-state index in [1.54, 1.807) is 0 Å². The van der Waals surface area contributed by atoms with Crippen LogP contribution >= 0.6 is 0 Å². The second kappa shape index (κ2) is 31.9. The molecule has 8 heavy (non-hydrogen) atoms. The lowest BCUT2D eigenvalue weighted by Crippen LogP contribution is -1.90. The van der Waals surface area contributed by atoms with Gasteiger partial charge in [-0.15, -0.1) is 0 Å². The summed E-state index contributed by atoms with van der Waals surface area (Å²) in [6, 6.07) is 0. The van der Waals surface area contributed by atoms with Crippen LogP contribution < -0.4 is 18.5 Å². The van der Waals surface area contributed by atoms with Crippen LogP contribution in [-0.2, 0) is 4.46 Å². The molecule has 0 radical (unpaired) electrons. The lowest BCUT2D eigenvalue weighted by Gasteiger charge is -1.55. The van der Waals surface area contributed by atoms with E-state index in [4.69, 9.17) is 14.1 Å². The molecule has 0 aromatic rings. The first-order valence-electron chi connectivity index (χ1n) is 0.651. The smallest absolute Gasteiger partial charge is 0.511 e. The molecule has 7 nitrogen and oxygen atoms in total.